The van der Waals surface area contributed by atoms with Gasteiger partial charge in [-0.25, -0.2) is 9.67 Å². The number of nitro groups is 1. The zero-order chi connectivity index (χ0) is 21.1. The molecule has 30 heavy (non-hydrogen) atoms. The monoisotopic (exact) mass is 439 g/mol. The van der Waals surface area contributed by atoms with Crippen LogP contribution in [0.3, 0.4) is 0 Å². The fourth-order valence-electron chi connectivity index (χ4n) is 2.89. The maximum absolute atomic E-state index is 12.4. The smallest absolute Gasteiger partial charge is 0.269 e. The molecule has 1 N–H and O–H groups in total. The Morgan fingerprint density at radius 1 is 1.23 bits per heavy atom. The van der Waals surface area contributed by atoms with Gasteiger partial charge in [0.15, 0.2) is 0 Å². The van der Waals surface area contributed by atoms with Gasteiger partial charge in [0.05, 0.1) is 32.3 Å². The summed E-state index contributed by atoms with van der Waals surface area (Å²) in [5.74, 6) is 1.31. The molecule has 152 valence electrons. The Morgan fingerprint density at radius 2 is 2.00 bits per heavy atom. The Labute approximate surface area is 180 Å². The highest BCUT2D eigenvalue weighted by atomic mass is 32.2. The van der Waals surface area contributed by atoms with Crippen molar-refractivity contribution in [3.8, 4) is 5.69 Å². The Hall–Kier alpha value is -3.24. The number of carbonyl (C=O) groups excluding carboxylic acids is 1. The van der Waals surface area contributed by atoms with Gasteiger partial charge in [-0.2, -0.15) is 5.10 Å². The molecular formula is C20H17N5O3S2. The van der Waals surface area contributed by atoms with Crippen molar-refractivity contribution in [3.05, 3.63) is 75.4 Å². The van der Waals surface area contributed by atoms with Gasteiger partial charge in [0, 0.05) is 24.0 Å². The number of nitrogens with zero attached hydrogens (tertiary/aromatic N) is 4. The largest absolute Gasteiger partial charge is 0.310 e. The van der Waals surface area contributed by atoms with Gasteiger partial charge in [0.2, 0.25) is 5.91 Å². The van der Waals surface area contributed by atoms with E-state index in [1.54, 1.807) is 34.2 Å². The van der Waals surface area contributed by atoms with E-state index in [4.69, 9.17) is 0 Å². The lowest BCUT2D eigenvalue weighted by Gasteiger charge is -2.08. The van der Waals surface area contributed by atoms with Crippen LogP contribution in [0.1, 0.15) is 10.7 Å². The van der Waals surface area contributed by atoms with E-state index in [9.17, 15) is 14.9 Å². The Bertz CT molecular complexity index is 1180. The summed E-state index contributed by atoms with van der Waals surface area (Å²) in [6.45, 7) is 1.82. The molecule has 0 radical (unpaired) electrons. The van der Waals surface area contributed by atoms with Crippen LogP contribution in [0.15, 0.2) is 54.6 Å². The van der Waals surface area contributed by atoms with Crippen molar-refractivity contribution < 1.29 is 9.72 Å². The molecule has 10 heteroatoms. The predicted molar refractivity (Wildman–Crippen MR) is 119 cm³/mol. The second-order valence-electron chi connectivity index (χ2n) is 6.47. The Morgan fingerprint density at radius 3 is 2.73 bits per heavy atom. The van der Waals surface area contributed by atoms with Crippen molar-refractivity contribution >= 4 is 50.7 Å². The molecule has 4 aromatic rings. The lowest BCUT2D eigenvalue weighted by molar-refractivity contribution is -0.384. The van der Waals surface area contributed by atoms with Gasteiger partial charge in [0.25, 0.3) is 5.69 Å². The number of nitrogens with one attached hydrogen (secondary N) is 1. The van der Waals surface area contributed by atoms with Gasteiger partial charge in [0.1, 0.15) is 10.8 Å². The lowest BCUT2D eigenvalue weighted by Crippen LogP contribution is -2.17. The number of non-ortho nitro benzene ring substituents is 1. The van der Waals surface area contributed by atoms with E-state index in [0.717, 1.165) is 20.9 Å². The minimum Gasteiger partial charge on any atom is -0.310 e. The van der Waals surface area contributed by atoms with Crippen LogP contribution in [0.25, 0.3) is 15.9 Å². The molecule has 0 atom stereocenters. The topological polar surface area (TPSA) is 103 Å². The second-order valence-corrected chi connectivity index (χ2v) is 8.57. The number of anilines is 1. The summed E-state index contributed by atoms with van der Waals surface area (Å²) in [6, 6.07) is 15.7. The summed E-state index contributed by atoms with van der Waals surface area (Å²) in [5, 5.41) is 19.1. The minimum atomic E-state index is -0.455. The van der Waals surface area contributed by atoms with Gasteiger partial charge in [-0.15, -0.1) is 23.1 Å². The molecule has 0 aliphatic carbocycles. The van der Waals surface area contributed by atoms with E-state index in [-0.39, 0.29) is 17.3 Å². The zero-order valence-corrected chi connectivity index (χ0v) is 17.6. The first-order valence-electron chi connectivity index (χ1n) is 9.03. The molecule has 0 saturated carbocycles. The summed E-state index contributed by atoms with van der Waals surface area (Å²) in [7, 11) is 0. The number of thioether (sulfide) groups is 1. The molecule has 2 aromatic carbocycles. The Kier molecular flexibility index (Phi) is 5.77. The zero-order valence-electron chi connectivity index (χ0n) is 15.9. The molecule has 0 aliphatic heterocycles. The highest BCUT2D eigenvalue weighted by Crippen LogP contribution is 2.25. The van der Waals surface area contributed by atoms with Gasteiger partial charge in [-0.05, 0) is 31.2 Å². The fourth-order valence-corrected chi connectivity index (χ4v) is 4.74. The molecule has 0 aliphatic rings. The molecule has 0 spiro atoms. The number of carbonyl (C=O) groups is 1. The standard InChI is InChI=1S/C20H17N5O3S2/c1-13-10-18(24(23-13)14-6-8-15(9-7-14)25(27)28)22-19(26)11-29-12-20-21-16-4-2-3-5-17(16)30-20/h2-10H,11-12H2,1H3,(H,22,26). The number of fused-ring (bicyclic) bond motifs is 1. The SMILES string of the molecule is Cc1cc(NC(=O)CSCc2nc3ccccc3s2)n(-c2ccc([N+](=O)[O-])cc2)n1. The average molecular weight is 440 g/mol. The third kappa shape index (κ3) is 4.50. The summed E-state index contributed by atoms with van der Waals surface area (Å²) in [6.07, 6.45) is 0. The summed E-state index contributed by atoms with van der Waals surface area (Å²) in [4.78, 5) is 27.4. The minimum absolute atomic E-state index is 0.000499. The first-order valence-corrected chi connectivity index (χ1v) is 11.0. The number of amides is 1. The van der Waals surface area contributed by atoms with Gasteiger partial charge < -0.3 is 5.32 Å². The molecular weight excluding hydrogens is 422 g/mol. The average Bonchev–Trinajstić information content (AvgIpc) is 3.30. The van der Waals surface area contributed by atoms with Crippen LogP contribution in [0.4, 0.5) is 11.5 Å². The quantitative estimate of drug-likeness (QED) is 0.334. The number of hydrogen-bond donors (Lipinski definition) is 1. The van der Waals surface area contributed by atoms with Gasteiger partial charge >= 0.3 is 0 Å². The summed E-state index contributed by atoms with van der Waals surface area (Å²) < 4.78 is 2.70. The van der Waals surface area contributed by atoms with Crippen molar-refractivity contribution in [2.24, 2.45) is 0 Å². The van der Waals surface area contributed by atoms with Crippen LogP contribution in [0.5, 0.6) is 0 Å². The number of nitro benzene ring substituents is 1. The lowest BCUT2D eigenvalue weighted by atomic mass is 10.3. The number of aryl methyl sites for hydroxylation is 1. The molecule has 0 fully saturated rings. The first-order chi connectivity index (χ1) is 14.5. The number of rotatable bonds is 7. The highest BCUT2D eigenvalue weighted by molar-refractivity contribution is 7.99. The van der Waals surface area contributed by atoms with E-state index in [1.807, 2.05) is 31.2 Å². The first kappa shape index (κ1) is 20.0. The third-order valence-electron chi connectivity index (χ3n) is 4.20. The van der Waals surface area contributed by atoms with Crippen LogP contribution in [0, 0.1) is 17.0 Å². The fraction of sp³-hybridized carbons (Fsp3) is 0.150. The van der Waals surface area contributed by atoms with E-state index in [1.165, 1.54) is 23.9 Å². The van der Waals surface area contributed by atoms with Crippen molar-refractivity contribution in [2.45, 2.75) is 12.7 Å². The molecule has 4 rings (SSSR count). The van der Waals surface area contributed by atoms with Crippen LogP contribution in [-0.2, 0) is 10.5 Å². The van der Waals surface area contributed by atoms with Crippen LogP contribution >= 0.6 is 23.1 Å². The molecule has 0 saturated heterocycles. The normalized spacial score (nSPS) is 11.0. The van der Waals surface area contributed by atoms with E-state index >= 15 is 0 Å². The van der Waals surface area contributed by atoms with E-state index < -0.39 is 4.92 Å². The molecule has 2 heterocycles. The van der Waals surface area contributed by atoms with Crippen LogP contribution in [-0.4, -0.2) is 31.3 Å². The van der Waals surface area contributed by atoms with Crippen LogP contribution < -0.4 is 5.32 Å². The van der Waals surface area contributed by atoms with Crippen molar-refractivity contribution in [1.29, 1.82) is 0 Å². The summed E-state index contributed by atoms with van der Waals surface area (Å²) in [5.41, 5.74) is 2.33. The maximum Gasteiger partial charge on any atom is 0.269 e. The number of aromatic nitrogens is 3. The van der Waals surface area contributed by atoms with Crippen molar-refractivity contribution in [1.82, 2.24) is 14.8 Å². The molecule has 1 amide bonds. The van der Waals surface area contributed by atoms with Crippen molar-refractivity contribution in [2.75, 3.05) is 11.1 Å². The van der Waals surface area contributed by atoms with Crippen molar-refractivity contribution in [3.63, 3.8) is 0 Å². The molecule has 0 unspecified atom stereocenters. The molecule has 8 nitrogen and oxygen atoms in total. The molecule has 0 bridgehead atoms. The third-order valence-corrected chi connectivity index (χ3v) is 6.36. The number of para-hydroxylation sites is 1. The second kappa shape index (κ2) is 8.64. The van der Waals surface area contributed by atoms with Gasteiger partial charge in [-0.1, -0.05) is 12.1 Å². The number of benzene rings is 2. The summed E-state index contributed by atoms with van der Waals surface area (Å²) >= 11 is 3.13. The number of thiazole rings is 1. The highest BCUT2D eigenvalue weighted by Gasteiger charge is 2.13. The van der Waals surface area contributed by atoms with E-state index in [2.05, 4.69) is 15.4 Å². The van der Waals surface area contributed by atoms with Gasteiger partial charge in [-0.3, -0.25) is 14.9 Å². The maximum atomic E-state index is 12.4. The molecule has 2 aromatic heterocycles. The number of hydrogen-bond acceptors (Lipinski definition) is 7. The Balaban J connectivity index is 1.39. The van der Waals surface area contributed by atoms with Crippen LogP contribution in [0.2, 0.25) is 0 Å². The predicted octanol–water partition coefficient (Wildman–Crippen LogP) is 4.57. The van der Waals surface area contributed by atoms with E-state index in [0.29, 0.717) is 17.3 Å².